The fraction of sp³-hybridized carbons (Fsp3) is 0.438. The number of para-hydroxylation sites is 1. The molecule has 0 unspecified atom stereocenters. The van der Waals surface area contributed by atoms with E-state index in [0.717, 1.165) is 16.5 Å². The molecule has 1 aliphatic heterocycles. The minimum absolute atomic E-state index is 0.124. The van der Waals surface area contributed by atoms with Gasteiger partial charge in [0.05, 0.1) is 29.5 Å². The van der Waals surface area contributed by atoms with Crippen LogP contribution in [0.5, 0.6) is 0 Å². The zero-order valence-electron chi connectivity index (χ0n) is 13.4. The number of aliphatic hydroxyl groups is 1. The van der Waals surface area contributed by atoms with E-state index in [4.69, 9.17) is 9.31 Å². The van der Waals surface area contributed by atoms with E-state index in [-0.39, 0.29) is 6.61 Å². The lowest BCUT2D eigenvalue weighted by Gasteiger charge is -2.32. The number of benzene rings is 1. The van der Waals surface area contributed by atoms with Gasteiger partial charge < -0.3 is 14.4 Å². The van der Waals surface area contributed by atoms with E-state index < -0.39 is 18.3 Å². The molecule has 0 amide bonds. The molecule has 0 spiro atoms. The van der Waals surface area contributed by atoms with E-state index >= 15 is 0 Å². The average molecular weight is 300 g/mol. The van der Waals surface area contributed by atoms with Gasteiger partial charge in [0.1, 0.15) is 0 Å². The molecule has 1 saturated heterocycles. The fourth-order valence-electron chi connectivity index (χ4n) is 2.49. The molecule has 6 heteroatoms. The van der Waals surface area contributed by atoms with Crippen molar-refractivity contribution in [1.82, 2.24) is 10.2 Å². The first-order chi connectivity index (χ1) is 10.3. The van der Waals surface area contributed by atoms with E-state index in [1.807, 2.05) is 52.0 Å². The topological polar surface area (TPSA) is 67.4 Å². The Kier molecular flexibility index (Phi) is 3.63. The van der Waals surface area contributed by atoms with Gasteiger partial charge in [0.25, 0.3) is 0 Å². The van der Waals surface area contributed by atoms with Crippen LogP contribution in [0.25, 0.3) is 17.0 Å². The Hall–Kier alpha value is -1.63. The first-order valence-electron chi connectivity index (χ1n) is 7.43. The number of hydrogen-bond acceptors (Lipinski definition) is 4. The normalized spacial score (nSPS) is 20.8. The smallest absolute Gasteiger partial charge is 0.400 e. The van der Waals surface area contributed by atoms with Crippen LogP contribution in [0.15, 0.2) is 29.9 Å². The van der Waals surface area contributed by atoms with Crippen molar-refractivity contribution in [3.05, 3.63) is 35.4 Å². The van der Waals surface area contributed by atoms with Gasteiger partial charge >= 0.3 is 7.12 Å². The second-order valence-electron chi connectivity index (χ2n) is 6.65. The van der Waals surface area contributed by atoms with Gasteiger partial charge in [0.2, 0.25) is 0 Å². The standard InChI is InChI=1S/C16H21BN2O3/c1-15(2)16(3,4)22-17(21-15)13(10-20)8-11-6-5-7-12-9-18-19-14(11)12/h5-9,20H,10H2,1-4H3,(H,18,19). The van der Waals surface area contributed by atoms with Gasteiger partial charge in [-0.2, -0.15) is 5.10 Å². The predicted molar refractivity (Wildman–Crippen MR) is 87.2 cm³/mol. The third-order valence-corrected chi connectivity index (χ3v) is 4.59. The summed E-state index contributed by atoms with van der Waals surface area (Å²) < 4.78 is 12.0. The number of H-pyrrole nitrogens is 1. The zero-order valence-corrected chi connectivity index (χ0v) is 13.4. The monoisotopic (exact) mass is 300 g/mol. The summed E-state index contributed by atoms with van der Waals surface area (Å²) in [5, 5.41) is 17.8. The summed E-state index contributed by atoms with van der Waals surface area (Å²) in [6.45, 7) is 7.87. The lowest BCUT2D eigenvalue weighted by Crippen LogP contribution is -2.41. The molecule has 2 aromatic rings. The summed E-state index contributed by atoms with van der Waals surface area (Å²) in [6.07, 6.45) is 3.68. The highest BCUT2D eigenvalue weighted by atomic mass is 16.7. The quantitative estimate of drug-likeness (QED) is 0.855. The van der Waals surface area contributed by atoms with Crippen molar-refractivity contribution in [3.8, 4) is 0 Å². The van der Waals surface area contributed by atoms with Crippen LogP contribution >= 0.6 is 0 Å². The third kappa shape index (κ3) is 2.47. The maximum Gasteiger partial charge on any atom is 0.492 e. The molecule has 1 fully saturated rings. The third-order valence-electron chi connectivity index (χ3n) is 4.59. The molecule has 1 aliphatic rings. The molecule has 3 rings (SSSR count). The van der Waals surface area contributed by atoms with Gasteiger partial charge in [-0.3, -0.25) is 5.10 Å². The minimum Gasteiger partial charge on any atom is -0.400 e. The number of aromatic nitrogens is 2. The Labute approximate surface area is 130 Å². The van der Waals surface area contributed by atoms with Crippen molar-refractivity contribution >= 4 is 24.1 Å². The summed E-state index contributed by atoms with van der Waals surface area (Å²) in [6, 6.07) is 5.92. The summed E-state index contributed by atoms with van der Waals surface area (Å²) in [5.74, 6) is 0. The van der Waals surface area contributed by atoms with Gasteiger partial charge in [0.15, 0.2) is 0 Å². The second-order valence-corrected chi connectivity index (χ2v) is 6.65. The largest absolute Gasteiger partial charge is 0.492 e. The van der Waals surface area contributed by atoms with E-state index in [1.165, 1.54) is 0 Å². The van der Waals surface area contributed by atoms with Crippen molar-refractivity contribution in [1.29, 1.82) is 0 Å². The van der Waals surface area contributed by atoms with Crippen LogP contribution < -0.4 is 0 Å². The number of fused-ring (bicyclic) bond motifs is 1. The number of rotatable bonds is 3. The maximum absolute atomic E-state index is 9.76. The van der Waals surface area contributed by atoms with Gasteiger partial charge in [-0.25, -0.2) is 0 Å². The lowest BCUT2D eigenvalue weighted by molar-refractivity contribution is 0.00578. The summed E-state index contributed by atoms with van der Waals surface area (Å²) in [5.41, 5.74) is 1.73. The summed E-state index contributed by atoms with van der Waals surface area (Å²) in [4.78, 5) is 0. The van der Waals surface area contributed by atoms with Crippen molar-refractivity contribution in [2.75, 3.05) is 6.61 Å². The number of nitrogens with zero attached hydrogens (tertiary/aromatic N) is 1. The van der Waals surface area contributed by atoms with Crippen molar-refractivity contribution in [2.45, 2.75) is 38.9 Å². The molecule has 0 bridgehead atoms. The molecule has 0 atom stereocenters. The van der Waals surface area contributed by atoms with Crippen LogP contribution in [0.4, 0.5) is 0 Å². The first kappa shape index (κ1) is 15.3. The molecular weight excluding hydrogens is 279 g/mol. The Morgan fingerprint density at radius 3 is 2.59 bits per heavy atom. The lowest BCUT2D eigenvalue weighted by atomic mass is 9.77. The minimum atomic E-state index is -0.548. The first-order valence-corrected chi connectivity index (χ1v) is 7.43. The van der Waals surface area contributed by atoms with Crippen LogP contribution in [0, 0.1) is 0 Å². The molecule has 2 N–H and O–H groups in total. The molecule has 116 valence electrons. The molecular formula is C16H21BN2O3. The van der Waals surface area contributed by atoms with Crippen molar-refractivity contribution in [3.63, 3.8) is 0 Å². The molecule has 1 aromatic heterocycles. The maximum atomic E-state index is 9.76. The second kappa shape index (κ2) is 5.23. The number of nitrogens with one attached hydrogen (secondary N) is 1. The Morgan fingerprint density at radius 1 is 1.27 bits per heavy atom. The molecule has 2 heterocycles. The van der Waals surface area contributed by atoms with Gasteiger partial charge in [-0.1, -0.05) is 24.3 Å². The number of aromatic amines is 1. The predicted octanol–water partition coefficient (Wildman–Crippen LogP) is 2.57. The number of aliphatic hydroxyl groups excluding tert-OH is 1. The van der Waals surface area contributed by atoms with E-state index in [1.54, 1.807) is 6.20 Å². The van der Waals surface area contributed by atoms with Crippen LogP contribution in [0.2, 0.25) is 0 Å². The fourth-order valence-corrected chi connectivity index (χ4v) is 2.49. The molecule has 0 saturated carbocycles. The summed E-state index contributed by atoms with van der Waals surface area (Å²) >= 11 is 0. The Morgan fingerprint density at radius 2 is 1.95 bits per heavy atom. The highest BCUT2D eigenvalue weighted by molar-refractivity contribution is 6.55. The van der Waals surface area contributed by atoms with Crippen molar-refractivity contribution in [2.24, 2.45) is 0 Å². The zero-order chi connectivity index (χ0) is 16.0. The highest BCUT2D eigenvalue weighted by Gasteiger charge is 2.52. The molecule has 22 heavy (non-hydrogen) atoms. The molecule has 1 aromatic carbocycles. The average Bonchev–Trinajstić information content (AvgIpc) is 2.99. The van der Waals surface area contributed by atoms with E-state index in [2.05, 4.69) is 10.2 Å². The molecule has 0 aliphatic carbocycles. The van der Waals surface area contributed by atoms with E-state index in [9.17, 15) is 5.11 Å². The van der Waals surface area contributed by atoms with Crippen LogP contribution in [-0.4, -0.2) is 40.2 Å². The Balaban J connectivity index is 1.97. The Bertz CT molecular complexity index is 705. The van der Waals surface area contributed by atoms with E-state index in [0.29, 0.717) is 5.47 Å². The SMILES string of the molecule is CC1(C)OB(C(=Cc2cccc3cn[nH]c23)CO)OC1(C)C. The molecule has 5 nitrogen and oxygen atoms in total. The van der Waals surface area contributed by atoms with Crippen molar-refractivity contribution < 1.29 is 14.4 Å². The van der Waals surface area contributed by atoms with Crippen LogP contribution in [-0.2, 0) is 9.31 Å². The highest BCUT2D eigenvalue weighted by Crippen LogP contribution is 2.38. The molecule has 0 radical (unpaired) electrons. The number of hydrogen-bond donors (Lipinski definition) is 2. The van der Waals surface area contributed by atoms with Gasteiger partial charge in [-0.15, -0.1) is 0 Å². The van der Waals surface area contributed by atoms with Gasteiger partial charge in [0, 0.05) is 5.39 Å². The van der Waals surface area contributed by atoms with Crippen LogP contribution in [0.3, 0.4) is 0 Å². The van der Waals surface area contributed by atoms with Gasteiger partial charge in [-0.05, 0) is 38.7 Å². The summed E-state index contributed by atoms with van der Waals surface area (Å²) in [7, 11) is -0.548. The van der Waals surface area contributed by atoms with Crippen LogP contribution in [0.1, 0.15) is 33.3 Å².